The number of carbonyl (C=O) groups excluding carboxylic acids is 1. The zero-order valence-electron chi connectivity index (χ0n) is 14.7. The van der Waals surface area contributed by atoms with Crippen LogP contribution in [0.1, 0.15) is 37.3 Å². The first kappa shape index (κ1) is 16.7. The van der Waals surface area contributed by atoms with Gasteiger partial charge in [0.2, 0.25) is 11.8 Å². The quantitative estimate of drug-likeness (QED) is 0.791. The van der Waals surface area contributed by atoms with Gasteiger partial charge in [-0.1, -0.05) is 23.7 Å². The van der Waals surface area contributed by atoms with Crippen LogP contribution < -0.4 is 4.74 Å². The van der Waals surface area contributed by atoms with E-state index in [-0.39, 0.29) is 22.8 Å². The molecule has 2 heterocycles. The highest BCUT2D eigenvalue weighted by Gasteiger charge is 2.72. The minimum atomic E-state index is -0.266. The van der Waals surface area contributed by atoms with E-state index in [4.69, 9.17) is 16.3 Å². The molecule has 2 aromatic rings. The van der Waals surface area contributed by atoms with Crippen molar-refractivity contribution in [2.75, 3.05) is 6.61 Å². The first-order chi connectivity index (χ1) is 13.1. The molecule has 6 rings (SSSR count). The van der Waals surface area contributed by atoms with E-state index in [1.807, 2.05) is 30.5 Å². The highest BCUT2D eigenvalue weighted by molar-refractivity contribution is 6.30. The topological polar surface area (TPSA) is 67.7 Å². The molecule has 1 aliphatic heterocycles. The van der Waals surface area contributed by atoms with Gasteiger partial charge in [0.25, 0.3) is 0 Å². The van der Waals surface area contributed by atoms with Gasteiger partial charge in [0.15, 0.2) is 0 Å². The maximum Gasteiger partial charge on any atom is 0.249 e. The van der Waals surface area contributed by atoms with E-state index in [1.54, 1.807) is 23.6 Å². The van der Waals surface area contributed by atoms with Gasteiger partial charge in [-0.05, 0) is 37.0 Å². The second-order valence-electron chi connectivity index (χ2n) is 7.89. The Hall–Kier alpha value is -2.47. The van der Waals surface area contributed by atoms with Crippen LogP contribution in [0.25, 0.3) is 0 Å². The lowest BCUT2D eigenvalue weighted by molar-refractivity contribution is -0.227. The maximum absolute atomic E-state index is 13.2. The highest BCUT2D eigenvalue weighted by Crippen LogP contribution is 2.74. The SMILES string of the molecule is O=C(N1N=CCC1c1ccc(Cl)cc1)C12CC(COc3cnccn3)(C1)C2. The third kappa shape index (κ3) is 2.70. The Morgan fingerprint density at radius 2 is 2.00 bits per heavy atom. The number of amides is 1. The van der Waals surface area contributed by atoms with E-state index >= 15 is 0 Å². The number of carbonyl (C=O) groups is 1. The average Bonchev–Trinajstić information content (AvgIpc) is 3.10. The van der Waals surface area contributed by atoms with Crippen LogP contribution in [-0.2, 0) is 4.79 Å². The first-order valence-corrected chi connectivity index (χ1v) is 9.48. The van der Waals surface area contributed by atoms with Gasteiger partial charge in [0.1, 0.15) is 0 Å². The number of nitrogens with zero attached hydrogens (tertiary/aromatic N) is 4. The predicted octanol–water partition coefficient (Wildman–Crippen LogP) is 3.64. The summed E-state index contributed by atoms with van der Waals surface area (Å²) in [5, 5.41) is 6.75. The van der Waals surface area contributed by atoms with Gasteiger partial charge in [-0.25, -0.2) is 9.99 Å². The minimum absolute atomic E-state index is 0.0319. The molecule has 3 fully saturated rings. The summed E-state index contributed by atoms with van der Waals surface area (Å²) in [6, 6.07) is 7.63. The second-order valence-corrected chi connectivity index (χ2v) is 8.33. The smallest absolute Gasteiger partial charge is 0.249 e. The average molecular weight is 383 g/mol. The van der Waals surface area contributed by atoms with Gasteiger partial charge in [-0.3, -0.25) is 9.78 Å². The van der Waals surface area contributed by atoms with Gasteiger partial charge >= 0.3 is 0 Å². The molecule has 1 atom stereocenters. The Bertz CT molecular complexity index is 880. The molecule has 1 aromatic carbocycles. The van der Waals surface area contributed by atoms with Gasteiger partial charge in [-0.2, -0.15) is 5.10 Å². The standard InChI is InChI=1S/C20H19ClN4O2/c21-15-3-1-14(2-4-15)16-5-6-24-25(16)18(26)20-10-19(11-20,12-20)13-27-17-9-22-7-8-23-17/h1-4,6-9,16H,5,10-13H2. The van der Waals surface area contributed by atoms with E-state index in [0.717, 1.165) is 31.2 Å². The van der Waals surface area contributed by atoms with Crippen LogP contribution in [0.15, 0.2) is 48.0 Å². The molecule has 0 saturated heterocycles. The van der Waals surface area contributed by atoms with Crippen LogP contribution in [-0.4, -0.2) is 33.7 Å². The molecule has 1 aromatic heterocycles. The van der Waals surface area contributed by atoms with Crippen molar-refractivity contribution in [1.82, 2.24) is 15.0 Å². The number of hydrogen-bond acceptors (Lipinski definition) is 5. The van der Waals surface area contributed by atoms with Crippen LogP contribution in [0, 0.1) is 10.8 Å². The lowest BCUT2D eigenvalue weighted by Crippen LogP contribution is -2.69. The molecule has 3 aliphatic carbocycles. The number of benzene rings is 1. The number of halogens is 1. The van der Waals surface area contributed by atoms with Crippen molar-refractivity contribution >= 4 is 23.7 Å². The second kappa shape index (κ2) is 6.02. The molecule has 2 bridgehead atoms. The largest absolute Gasteiger partial charge is 0.476 e. The third-order valence-electron chi connectivity index (χ3n) is 5.95. The Balaban J connectivity index is 1.23. The predicted molar refractivity (Wildman–Crippen MR) is 100 cm³/mol. The molecular formula is C20H19ClN4O2. The van der Waals surface area contributed by atoms with Crippen LogP contribution in [0.2, 0.25) is 5.02 Å². The molecule has 1 amide bonds. The minimum Gasteiger partial charge on any atom is -0.476 e. The number of hydrazone groups is 1. The van der Waals surface area contributed by atoms with E-state index in [0.29, 0.717) is 17.5 Å². The lowest BCUT2D eigenvalue weighted by atomic mass is 9.35. The molecule has 4 aliphatic rings. The summed E-state index contributed by atoms with van der Waals surface area (Å²) in [5.74, 6) is 0.673. The summed E-state index contributed by atoms with van der Waals surface area (Å²) in [6.07, 6.45) is 10.00. The Morgan fingerprint density at radius 3 is 2.70 bits per heavy atom. The van der Waals surface area contributed by atoms with Crippen LogP contribution in [0.5, 0.6) is 5.88 Å². The van der Waals surface area contributed by atoms with Crippen molar-refractivity contribution in [2.45, 2.75) is 31.7 Å². The van der Waals surface area contributed by atoms with E-state index in [2.05, 4.69) is 15.1 Å². The molecule has 27 heavy (non-hydrogen) atoms. The monoisotopic (exact) mass is 382 g/mol. The molecule has 3 saturated carbocycles. The maximum atomic E-state index is 13.2. The summed E-state index contributed by atoms with van der Waals surface area (Å²) >= 11 is 5.99. The number of rotatable bonds is 5. The number of ether oxygens (including phenoxy) is 1. The van der Waals surface area contributed by atoms with Gasteiger partial charge in [-0.15, -0.1) is 0 Å². The van der Waals surface area contributed by atoms with E-state index < -0.39 is 0 Å². The van der Waals surface area contributed by atoms with Crippen molar-refractivity contribution in [1.29, 1.82) is 0 Å². The van der Waals surface area contributed by atoms with Crippen molar-refractivity contribution in [3.63, 3.8) is 0 Å². The zero-order chi connectivity index (χ0) is 18.5. The summed E-state index contributed by atoms with van der Waals surface area (Å²) in [5.41, 5.74) is 0.905. The molecule has 138 valence electrons. The van der Waals surface area contributed by atoms with Gasteiger partial charge < -0.3 is 4.74 Å². The zero-order valence-corrected chi connectivity index (χ0v) is 15.5. The molecule has 0 radical (unpaired) electrons. The van der Waals surface area contributed by atoms with Crippen molar-refractivity contribution in [2.24, 2.45) is 15.9 Å². The van der Waals surface area contributed by atoms with Crippen molar-refractivity contribution in [3.8, 4) is 5.88 Å². The van der Waals surface area contributed by atoms with Crippen molar-refractivity contribution in [3.05, 3.63) is 53.4 Å². The summed E-state index contributed by atoms with van der Waals surface area (Å²) in [6.45, 7) is 0.588. The Labute approximate surface area is 162 Å². The molecule has 1 unspecified atom stereocenters. The third-order valence-corrected chi connectivity index (χ3v) is 6.20. The summed E-state index contributed by atoms with van der Waals surface area (Å²) in [4.78, 5) is 21.3. The van der Waals surface area contributed by atoms with Gasteiger partial charge in [0, 0.05) is 35.5 Å². The molecule has 7 heteroatoms. The normalized spacial score (nSPS) is 30.6. The number of aromatic nitrogens is 2. The molecule has 6 nitrogen and oxygen atoms in total. The fourth-order valence-electron chi connectivity index (χ4n) is 4.78. The Morgan fingerprint density at radius 1 is 1.22 bits per heavy atom. The summed E-state index contributed by atoms with van der Waals surface area (Å²) < 4.78 is 5.76. The van der Waals surface area contributed by atoms with E-state index in [1.165, 1.54) is 0 Å². The first-order valence-electron chi connectivity index (χ1n) is 9.10. The van der Waals surface area contributed by atoms with Crippen LogP contribution >= 0.6 is 11.6 Å². The van der Waals surface area contributed by atoms with Gasteiger partial charge in [0.05, 0.1) is 24.3 Å². The number of hydrogen-bond donors (Lipinski definition) is 0. The summed E-state index contributed by atoms with van der Waals surface area (Å²) in [7, 11) is 0. The van der Waals surface area contributed by atoms with Crippen LogP contribution in [0.3, 0.4) is 0 Å². The fourth-order valence-corrected chi connectivity index (χ4v) is 4.91. The Kier molecular flexibility index (Phi) is 3.72. The molecule has 0 spiro atoms. The van der Waals surface area contributed by atoms with E-state index in [9.17, 15) is 4.79 Å². The van der Waals surface area contributed by atoms with Crippen LogP contribution in [0.4, 0.5) is 0 Å². The van der Waals surface area contributed by atoms with Crippen molar-refractivity contribution < 1.29 is 9.53 Å². The molecule has 0 N–H and O–H groups in total. The fraction of sp³-hybridized carbons (Fsp3) is 0.400. The molecular weight excluding hydrogens is 364 g/mol. The lowest BCUT2D eigenvalue weighted by Gasteiger charge is -2.69. The highest BCUT2D eigenvalue weighted by atomic mass is 35.5.